The van der Waals surface area contributed by atoms with Gasteiger partial charge >= 0.3 is 0 Å². The minimum atomic E-state index is 0.189. The number of halogens is 1. The van der Waals surface area contributed by atoms with E-state index in [1.165, 1.54) is 16.0 Å². The van der Waals surface area contributed by atoms with Crippen LogP contribution >= 0.6 is 22.9 Å². The third kappa shape index (κ3) is 2.14. The number of hydrogen-bond donors (Lipinski definition) is 1. The van der Waals surface area contributed by atoms with Crippen molar-refractivity contribution >= 4 is 22.9 Å². The molecule has 0 aliphatic carbocycles. The van der Waals surface area contributed by atoms with Crippen LogP contribution in [0.25, 0.3) is 0 Å². The summed E-state index contributed by atoms with van der Waals surface area (Å²) in [7, 11) is 1.97. The van der Waals surface area contributed by atoms with E-state index in [1.807, 2.05) is 18.5 Å². The van der Waals surface area contributed by atoms with Gasteiger partial charge in [0.05, 0.1) is 11.1 Å². The fourth-order valence-electron chi connectivity index (χ4n) is 1.85. The molecule has 0 aliphatic rings. The minimum Gasteiger partial charge on any atom is -0.309 e. The van der Waals surface area contributed by atoms with Crippen LogP contribution in [-0.2, 0) is 0 Å². The molecule has 84 valence electrons. The number of nitrogens with one attached hydrogen (secondary N) is 1. The Hall–Kier alpha value is -0.830. The summed E-state index contributed by atoms with van der Waals surface area (Å²) in [6, 6.07) is 10.5. The first-order valence-corrected chi connectivity index (χ1v) is 6.45. The molecule has 0 saturated heterocycles. The molecule has 0 amide bonds. The van der Waals surface area contributed by atoms with Crippen molar-refractivity contribution in [3.8, 4) is 0 Å². The first kappa shape index (κ1) is 11.6. The number of rotatable bonds is 3. The Kier molecular flexibility index (Phi) is 3.64. The van der Waals surface area contributed by atoms with Crippen LogP contribution in [0.2, 0.25) is 5.02 Å². The van der Waals surface area contributed by atoms with Crippen molar-refractivity contribution in [2.24, 2.45) is 0 Å². The summed E-state index contributed by atoms with van der Waals surface area (Å²) in [4.78, 5) is 1.18. The lowest BCUT2D eigenvalue weighted by Crippen LogP contribution is -2.17. The molecule has 0 saturated carbocycles. The number of hydrogen-bond acceptors (Lipinski definition) is 2. The average Bonchev–Trinajstić information content (AvgIpc) is 2.69. The first-order chi connectivity index (χ1) is 7.74. The highest BCUT2D eigenvalue weighted by Gasteiger charge is 2.17. The molecule has 0 bridgehead atoms. The maximum Gasteiger partial charge on any atom is 0.0686 e. The lowest BCUT2D eigenvalue weighted by atomic mass is 10.0. The summed E-state index contributed by atoms with van der Waals surface area (Å²) in [6.07, 6.45) is 0. The van der Waals surface area contributed by atoms with Gasteiger partial charge in [-0.1, -0.05) is 35.9 Å². The van der Waals surface area contributed by atoms with Gasteiger partial charge in [0.1, 0.15) is 0 Å². The van der Waals surface area contributed by atoms with Crippen LogP contribution in [0, 0.1) is 6.92 Å². The Labute approximate surface area is 105 Å². The van der Waals surface area contributed by atoms with E-state index in [1.54, 1.807) is 11.3 Å². The fraction of sp³-hybridized carbons (Fsp3) is 0.231. The highest BCUT2D eigenvalue weighted by atomic mass is 35.5. The van der Waals surface area contributed by atoms with Crippen LogP contribution in [0.4, 0.5) is 0 Å². The molecule has 0 fully saturated rings. The SMILES string of the molecule is CNC(c1ccccc1C)c1sccc1Cl. The molecule has 1 aromatic heterocycles. The molecule has 0 aliphatic heterocycles. The van der Waals surface area contributed by atoms with E-state index in [9.17, 15) is 0 Å². The van der Waals surface area contributed by atoms with Gasteiger partial charge < -0.3 is 5.32 Å². The standard InChI is InChI=1S/C13H14ClNS/c1-9-5-3-4-6-10(9)12(15-2)13-11(14)7-8-16-13/h3-8,12,15H,1-2H3. The van der Waals surface area contributed by atoms with Crippen molar-refractivity contribution in [3.05, 3.63) is 56.7 Å². The zero-order chi connectivity index (χ0) is 11.5. The second-order valence-corrected chi connectivity index (χ2v) is 5.07. The largest absolute Gasteiger partial charge is 0.309 e. The third-order valence-corrected chi connectivity index (χ3v) is 4.12. The summed E-state index contributed by atoms with van der Waals surface area (Å²) >= 11 is 7.88. The Balaban J connectivity index is 2.45. The summed E-state index contributed by atoms with van der Waals surface area (Å²) in [5, 5.41) is 6.20. The average molecular weight is 252 g/mol. The zero-order valence-electron chi connectivity index (χ0n) is 9.33. The van der Waals surface area contributed by atoms with Crippen LogP contribution in [0.5, 0.6) is 0 Å². The zero-order valence-corrected chi connectivity index (χ0v) is 10.9. The van der Waals surface area contributed by atoms with Crippen molar-refractivity contribution in [1.29, 1.82) is 0 Å². The Morgan fingerprint density at radius 2 is 2.00 bits per heavy atom. The molecule has 1 N–H and O–H groups in total. The van der Waals surface area contributed by atoms with Gasteiger partial charge in [0, 0.05) is 4.88 Å². The van der Waals surface area contributed by atoms with Gasteiger partial charge in [0.2, 0.25) is 0 Å². The van der Waals surface area contributed by atoms with Crippen LogP contribution in [0.1, 0.15) is 22.0 Å². The molecular weight excluding hydrogens is 238 g/mol. The van der Waals surface area contributed by atoms with Crippen molar-refractivity contribution in [1.82, 2.24) is 5.32 Å². The fourth-order valence-corrected chi connectivity index (χ4v) is 3.14. The van der Waals surface area contributed by atoms with E-state index < -0.39 is 0 Å². The minimum absolute atomic E-state index is 0.189. The van der Waals surface area contributed by atoms with Crippen LogP contribution in [0.3, 0.4) is 0 Å². The molecule has 2 aromatic rings. The molecule has 2 rings (SSSR count). The Morgan fingerprint density at radius 1 is 1.25 bits per heavy atom. The van der Waals surface area contributed by atoms with Crippen molar-refractivity contribution < 1.29 is 0 Å². The quantitative estimate of drug-likeness (QED) is 0.869. The second kappa shape index (κ2) is 5.00. The van der Waals surface area contributed by atoms with Crippen molar-refractivity contribution in [2.75, 3.05) is 7.05 Å². The highest BCUT2D eigenvalue weighted by Crippen LogP contribution is 2.33. The van der Waals surface area contributed by atoms with E-state index in [-0.39, 0.29) is 6.04 Å². The predicted molar refractivity (Wildman–Crippen MR) is 71.4 cm³/mol. The molecule has 1 unspecified atom stereocenters. The highest BCUT2D eigenvalue weighted by molar-refractivity contribution is 7.10. The van der Waals surface area contributed by atoms with E-state index in [0.717, 1.165) is 5.02 Å². The molecular formula is C13H14ClNS. The molecule has 1 heterocycles. The van der Waals surface area contributed by atoms with Crippen LogP contribution in [0.15, 0.2) is 35.7 Å². The topological polar surface area (TPSA) is 12.0 Å². The predicted octanol–water partition coefficient (Wildman–Crippen LogP) is 4.02. The molecule has 1 nitrogen and oxygen atoms in total. The van der Waals surface area contributed by atoms with Gasteiger partial charge in [0.25, 0.3) is 0 Å². The van der Waals surface area contributed by atoms with Gasteiger partial charge in [-0.15, -0.1) is 11.3 Å². The lowest BCUT2D eigenvalue weighted by molar-refractivity contribution is 0.699. The third-order valence-electron chi connectivity index (χ3n) is 2.70. The van der Waals surface area contributed by atoms with Gasteiger partial charge in [-0.25, -0.2) is 0 Å². The van der Waals surface area contributed by atoms with E-state index in [0.29, 0.717) is 0 Å². The monoisotopic (exact) mass is 251 g/mol. The van der Waals surface area contributed by atoms with Crippen LogP contribution < -0.4 is 5.32 Å². The number of aryl methyl sites for hydroxylation is 1. The maximum absolute atomic E-state index is 6.19. The van der Waals surface area contributed by atoms with Gasteiger partial charge in [-0.2, -0.15) is 0 Å². The van der Waals surface area contributed by atoms with Gasteiger partial charge in [-0.3, -0.25) is 0 Å². The van der Waals surface area contributed by atoms with Crippen molar-refractivity contribution in [3.63, 3.8) is 0 Å². The number of benzene rings is 1. The summed E-state index contributed by atoms with van der Waals surface area (Å²) in [5.74, 6) is 0. The first-order valence-electron chi connectivity index (χ1n) is 5.19. The maximum atomic E-state index is 6.19. The molecule has 16 heavy (non-hydrogen) atoms. The van der Waals surface area contributed by atoms with Gasteiger partial charge in [0.15, 0.2) is 0 Å². The Bertz CT molecular complexity index is 478. The molecule has 3 heteroatoms. The summed E-state index contributed by atoms with van der Waals surface area (Å²) in [5.41, 5.74) is 2.57. The van der Waals surface area contributed by atoms with E-state index in [2.05, 4.69) is 36.5 Å². The summed E-state index contributed by atoms with van der Waals surface area (Å²) < 4.78 is 0. The molecule has 1 aromatic carbocycles. The van der Waals surface area contributed by atoms with Gasteiger partial charge in [-0.05, 0) is 36.5 Å². The Morgan fingerprint density at radius 3 is 2.56 bits per heavy atom. The second-order valence-electron chi connectivity index (χ2n) is 3.71. The smallest absolute Gasteiger partial charge is 0.0686 e. The number of thiophene rings is 1. The lowest BCUT2D eigenvalue weighted by Gasteiger charge is -2.18. The molecule has 0 spiro atoms. The normalized spacial score (nSPS) is 12.7. The summed E-state index contributed by atoms with van der Waals surface area (Å²) in [6.45, 7) is 2.13. The van der Waals surface area contributed by atoms with E-state index in [4.69, 9.17) is 11.6 Å². The molecule has 1 atom stereocenters. The van der Waals surface area contributed by atoms with Crippen molar-refractivity contribution in [2.45, 2.75) is 13.0 Å². The molecule has 0 radical (unpaired) electrons. The van der Waals surface area contributed by atoms with Crippen LogP contribution in [-0.4, -0.2) is 7.05 Å². The van der Waals surface area contributed by atoms with E-state index >= 15 is 0 Å².